The summed E-state index contributed by atoms with van der Waals surface area (Å²) in [6.07, 6.45) is 8.59. The molecule has 2 aliphatic heterocycles. The Morgan fingerprint density at radius 3 is 2.12 bits per heavy atom. The van der Waals surface area contributed by atoms with Gasteiger partial charge in [-0.2, -0.15) is 14.7 Å². The number of carbonyl (C=O) groups is 1. The molecule has 0 aliphatic carbocycles. The standard InChI is InChI=1S/C42H64N8O5Si2/c1-12-54-29(2)37-38(31-23-32-14-15-33(24-31)49(32)41(51)55-42(3,4)5)46-39-34(30-13-16-35(43-25-30)36-17-18-44-47-36)26-45-50(39)40(37)48(27-52-19-21-56(6,7)8)28-53-20-22-57(9,10)11/h13,16-18,25-26,31-33H,2,12,14-15,19-24,27-28H2,1,3-11H3,(H,44,47)/t31-,32+,33-. The van der Waals surface area contributed by atoms with Crippen LogP contribution in [0.25, 0.3) is 33.9 Å². The van der Waals surface area contributed by atoms with Gasteiger partial charge < -0.3 is 28.7 Å². The molecule has 0 radical (unpaired) electrons. The summed E-state index contributed by atoms with van der Waals surface area (Å²) in [6, 6.07) is 8.06. The molecular formula is C42H64N8O5Si2. The first-order valence-corrected chi connectivity index (χ1v) is 28.0. The van der Waals surface area contributed by atoms with Crippen LogP contribution in [0.1, 0.15) is 70.6 Å². The molecule has 6 heterocycles. The molecule has 6 rings (SSSR count). The highest BCUT2D eigenvalue weighted by molar-refractivity contribution is 6.76. The highest BCUT2D eigenvalue weighted by atomic mass is 28.3. The lowest BCUT2D eigenvalue weighted by Gasteiger charge is -2.40. The number of ether oxygens (including phenoxy) is 4. The van der Waals surface area contributed by atoms with Gasteiger partial charge in [-0.15, -0.1) is 0 Å². The largest absolute Gasteiger partial charge is 0.494 e. The van der Waals surface area contributed by atoms with Gasteiger partial charge in [-0.3, -0.25) is 10.1 Å². The molecule has 0 aromatic carbocycles. The smallest absolute Gasteiger partial charge is 0.410 e. The van der Waals surface area contributed by atoms with E-state index in [-0.39, 0.29) is 24.1 Å². The highest BCUT2D eigenvalue weighted by Gasteiger charge is 2.46. The quantitative estimate of drug-likeness (QED) is 0.0476. The summed E-state index contributed by atoms with van der Waals surface area (Å²) < 4.78 is 27.1. The molecule has 0 saturated carbocycles. The Kier molecular flexibility index (Phi) is 13.0. The van der Waals surface area contributed by atoms with Gasteiger partial charge in [0, 0.05) is 70.9 Å². The molecule has 2 bridgehead atoms. The fraction of sp³-hybridized carbons (Fsp3) is 0.595. The predicted octanol–water partition coefficient (Wildman–Crippen LogP) is 9.27. The zero-order chi connectivity index (χ0) is 41.1. The second-order valence-electron chi connectivity index (χ2n) is 18.9. The number of aromatic amines is 1. The third-order valence-electron chi connectivity index (χ3n) is 10.6. The van der Waals surface area contributed by atoms with Crippen molar-refractivity contribution in [1.82, 2.24) is 34.7 Å². The second kappa shape index (κ2) is 17.4. The van der Waals surface area contributed by atoms with Crippen molar-refractivity contribution >= 4 is 39.5 Å². The van der Waals surface area contributed by atoms with Gasteiger partial charge in [-0.1, -0.05) is 51.9 Å². The van der Waals surface area contributed by atoms with Crippen LogP contribution in [0.15, 0.2) is 43.4 Å². The van der Waals surface area contributed by atoms with Crippen molar-refractivity contribution < 1.29 is 23.7 Å². The lowest BCUT2D eigenvalue weighted by Crippen LogP contribution is -2.48. The normalized spacial score (nSPS) is 18.6. The molecule has 4 aromatic rings. The lowest BCUT2D eigenvalue weighted by molar-refractivity contribution is 0.00566. The third kappa shape index (κ3) is 10.5. The van der Waals surface area contributed by atoms with Gasteiger partial charge in [0.15, 0.2) is 5.65 Å². The average Bonchev–Trinajstić information content (AvgIpc) is 3.87. The summed E-state index contributed by atoms with van der Waals surface area (Å²) in [5.41, 5.74) is 5.07. The summed E-state index contributed by atoms with van der Waals surface area (Å²) in [7, 11) is -2.69. The summed E-state index contributed by atoms with van der Waals surface area (Å²) in [5, 5.41) is 12.2. The molecule has 3 atom stereocenters. The molecule has 310 valence electrons. The maximum Gasteiger partial charge on any atom is 0.410 e. The monoisotopic (exact) mass is 816 g/mol. The van der Waals surface area contributed by atoms with E-state index in [1.807, 2.05) is 67.7 Å². The van der Waals surface area contributed by atoms with Crippen LogP contribution in [-0.4, -0.2) is 108 Å². The van der Waals surface area contributed by atoms with Crippen molar-refractivity contribution in [3.05, 3.63) is 54.6 Å². The summed E-state index contributed by atoms with van der Waals surface area (Å²) in [4.78, 5) is 27.9. The molecule has 2 fully saturated rings. The van der Waals surface area contributed by atoms with Gasteiger partial charge in [0.1, 0.15) is 36.3 Å². The van der Waals surface area contributed by atoms with Crippen molar-refractivity contribution in [1.29, 1.82) is 0 Å². The van der Waals surface area contributed by atoms with Crippen molar-refractivity contribution in [2.24, 2.45) is 0 Å². The zero-order valence-corrected chi connectivity index (χ0v) is 37.9. The van der Waals surface area contributed by atoms with E-state index < -0.39 is 21.7 Å². The van der Waals surface area contributed by atoms with Crippen molar-refractivity contribution in [2.45, 2.75) is 128 Å². The number of pyridine rings is 1. The number of fused-ring (bicyclic) bond motifs is 3. The number of H-pyrrole nitrogens is 1. The second-order valence-corrected chi connectivity index (χ2v) is 30.2. The molecule has 0 spiro atoms. The van der Waals surface area contributed by atoms with Crippen LogP contribution in [-0.2, 0) is 18.9 Å². The SMILES string of the molecule is C=C(OCC)c1c([C@H]2C[C@H]3CC[C@@H](C2)N3C(=O)OC(C)(C)C)nc2c(-c3ccc(-c4cc[nH]n4)nc3)cnn2c1N(COCC[Si](C)(C)C)COCC[Si](C)(C)C. The van der Waals surface area contributed by atoms with Crippen LogP contribution in [0.3, 0.4) is 0 Å². The van der Waals surface area contributed by atoms with Crippen LogP contribution in [0, 0.1) is 0 Å². The van der Waals surface area contributed by atoms with E-state index in [1.54, 1.807) is 6.20 Å². The molecule has 13 nitrogen and oxygen atoms in total. The number of hydrogen-bond acceptors (Lipinski definition) is 10. The first-order chi connectivity index (χ1) is 26.9. The molecule has 1 N–H and O–H groups in total. The lowest BCUT2D eigenvalue weighted by atomic mass is 9.85. The summed E-state index contributed by atoms with van der Waals surface area (Å²) in [5.74, 6) is 1.31. The maximum atomic E-state index is 13.5. The van der Waals surface area contributed by atoms with Gasteiger partial charge in [0.2, 0.25) is 0 Å². The van der Waals surface area contributed by atoms with Gasteiger partial charge >= 0.3 is 6.09 Å². The van der Waals surface area contributed by atoms with Crippen molar-refractivity contribution in [2.75, 3.05) is 38.2 Å². The molecule has 0 unspecified atom stereocenters. The highest BCUT2D eigenvalue weighted by Crippen LogP contribution is 2.47. The Balaban J connectivity index is 1.48. The first kappa shape index (κ1) is 42.5. The minimum atomic E-state index is -1.35. The minimum Gasteiger partial charge on any atom is -0.494 e. The first-order valence-electron chi connectivity index (χ1n) is 20.5. The van der Waals surface area contributed by atoms with E-state index in [1.165, 1.54) is 0 Å². The van der Waals surface area contributed by atoms with Crippen LogP contribution in [0.5, 0.6) is 0 Å². The number of carbonyl (C=O) groups excluding carboxylic acids is 1. The fourth-order valence-corrected chi connectivity index (χ4v) is 9.20. The van der Waals surface area contributed by atoms with Crippen molar-refractivity contribution in [3.8, 4) is 22.5 Å². The van der Waals surface area contributed by atoms with E-state index in [9.17, 15) is 4.79 Å². The molecular weight excluding hydrogens is 753 g/mol. The maximum absolute atomic E-state index is 13.5. The van der Waals surface area contributed by atoms with Gasteiger partial charge in [-0.05, 0) is 77.6 Å². The summed E-state index contributed by atoms with van der Waals surface area (Å²) in [6.45, 7) is 28.7. The van der Waals surface area contributed by atoms with Gasteiger partial charge in [-0.25, -0.2) is 9.78 Å². The number of aromatic nitrogens is 6. The van der Waals surface area contributed by atoms with E-state index in [4.69, 9.17) is 34.0 Å². The Bertz CT molecular complexity index is 1950. The average molecular weight is 817 g/mol. The zero-order valence-electron chi connectivity index (χ0n) is 35.9. The Morgan fingerprint density at radius 2 is 1.60 bits per heavy atom. The summed E-state index contributed by atoms with van der Waals surface area (Å²) >= 11 is 0. The van der Waals surface area contributed by atoms with Gasteiger partial charge in [0.25, 0.3) is 0 Å². The van der Waals surface area contributed by atoms with E-state index in [0.717, 1.165) is 77.4 Å². The number of nitrogens with one attached hydrogen (secondary N) is 1. The Labute approximate surface area is 340 Å². The Morgan fingerprint density at radius 1 is 0.947 bits per heavy atom. The fourth-order valence-electron chi connectivity index (χ4n) is 7.69. The number of nitrogens with zero attached hydrogens (tertiary/aromatic N) is 7. The topological polar surface area (TPSA) is 132 Å². The van der Waals surface area contributed by atoms with Crippen LogP contribution < -0.4 is 4.90 Å². The third-order valence-corrected chi connectivity index (χ3v) is 14.0. The number of amides is 1. The van der Waals surface area contributed by atoms with Crippen LogP contribution in [0.4, 0.5) is 10.6 Å². The molecule has 2 aliphatic rings. The minimum absolute atomic E-state index is 0.0162. The number of piperidine rings is 1. The van der Waals surface area contributed by atoms with E-state index in [0.29, 0.717) is 44.7 Å². The number of hydrogen-bond donors (Lipinski definition) is 1. The molecule has 57 heavy (non-hydrogen) atoms. The number of anilines is 1. The molecule has 4 aromatic heterocycles. The van der Waals surface area contributed by atoms with Gasteiger partial charge in [0.05, 0.1) is 29.8 Å². The Hall–Kier alpha value is -4.06. The van der Waals surface area contributed by atoms with Crippen molar-refractivity contribution in [3.63, 3.8) is 0 Å². The molecule has 15 heteroatoms. The van der Waals surface area contributed by atoms with E-state index >= 15 is 0 Å². The van der Waals surface area contributed by atoms with Crippen LogP contribution >= 0.6 is 0 Å². The molecule has 1 amide bonds. The predicted molar refractivity (Wildman–Crippen MR) is 232 cm³/mol. The number of rotatable bonds is 17. The van der Waals surface area contributed by atoms with E-state index in [2.05, 4.69) is 61.0 Å². The van der Waals surface area contributed by atoms with Crippen LogP contribution in [0.2, 0.25) is 51.4 Å². The molecule has 2 saturated heterocycles.